The average Bonchev–Trinajstić information content (AvgIpc) is 2.29. The highest BCUT2D eigenvalue weighted by atomic mass is 16.5. The lowest BCUT2D eigenvalue weighted by Crippen LogP contribution is -2.38. The first-order valence-electron chi connectivity index (χ1n) is 5.49. The molecule has 1 heterocycles. The Bertz CT molecular complexity index is 327. The fraction of sp³-hybridized carbons (Fsp3) is 0.500. The van der Waals surface area contributed by atoms with Gasteiger partial charge in [0.15, 0.2) is 0 Å². The highest BCUT2D eigenvalue weighted by Crippen LogP contribution is 2.31. The molecule has 15 heavy (non-hydrogen) atoms. The summed E-state index contributed by atoms with van der Waals surface area (Å²) < 4.78 is 5.60. The second-order valence-corrected chi connectivity index (χ2v) is 4.03. The van der Waals surface area contributed by atoms with Gasteiger partial charge in [-0.3, -0.25) is 0 Å². The van der Waals surface area contributed by atoms with Gasteiger partial charge >= 0.3 is 0 Å². The van der Waals surface area contributed by atoms with Crippen LogP contribution in [-0.2, 0) is 0 Å². The quantitative estimate of drug-likeness (QED) is 0.787. The van der Waals surface area contributed by atoms with Crippen LogP contribution in [0.15, 0.2) is 24.3 Å². The Hall–Kier alpha value is -1.06. The summed E-state index contributed by atoms with van der Waals surface area (Å²) in [6.07, 6.45) is 1.02. The van der Waals surface area contributed by atoms with Crippen molar-refractivity contribution in [2.24, 2.45) is 5.73 Å². The molecule has 0 aliphatic carbocycles. The number of para-hydroxylation sites is 1. The van der Waals surface area contributed by atoms with E-state index in [1.165, 1.54) is 5.56 Å². The van der Waals surface area contributed by atoms with Gasteiger partial charge in [0.25, 0.3) is 0 Å². The zero-order valence-corrected chi connectivity index (χ0v) is 9.07. The van der Waals surface area contributed by atoms with Crippen LogP contribution >= 0.6 is 0 Å². The number of ether oxygens (including phenoxy) is 1. The lowest BCUT2D eigenvalue weighted by molar-refractivity contribution is 0.246. The molecule has 0 aromatic heterocycles. The maximum absolute atomic E-state index is 5.62. The van der Waals surface area contributed by atoms with Crippen molar-refractivity contribution >= 4 is 0 Å². The summed E-state index contributed by atoms with van der Waals surface area (Å²) in [6, 6.07) is 8.93. The minimum atomic E-state index is 0.348. The van der Waals surface area contributed by atoms with Gasteiger partial charge in [0.1, 0.15) is 5.75 Å². The van der Waals surface area contributed by atoms with Gasteiger partial charge in [-0.15, -0.1) is 0 Å². The van der Waals surface area contributed by atoms with Crippen LogP contribution in [0.4, 0.5) is 0 Å². The molecule has 2 atom stereocenters. The maximum Gasteiger partial charge on any atom is 0.124 e. The zero-order chi connectivity index (χ0) is 10.7. The summed E-state index contributed by atoms with van der Waals surface area (Å²) in [6.45, 7) is 3.56. The molecule has 0 fully saturated rings. The molecule has 3 heteroatoms. The van der Waals surface area contributed by atoms with E-state index in [1.807, 2.05) is 12.1 Å². The van der Waals surface area contributed by atoms with Crippen molar-refractivity contribution < 1.29 is 4.74 Å². The molecule has 0 saturated heterocycles. The van der Waals surface area contributed by atoms with Gasteiger partial charge in [0.2, 0.25) is 0 Å². The highest BCUT2D eigenvalue weighted by molar-refractivity contribution is 5.37. The van der Waals surface area contributed by atoms with Crippen LogP contribution in [0.2, 0.25) is 0 Å². The molecule has 0 amide bonds. The first-order chi connectivity index (χ1) is 7.31. The Morgan fingerprint density at radius 1 is 1.53 bits per heavy atom. The average molecular weight is 206 g/mol. The van der Waals surface area contributed by atoms with Crippen molar-refractivity contribution in [1.82, 2.24) is 5.32 Å². The smallest absolute Gasteiger partial charge is 0.124 e. The number of hydrogen-bond acceptors (Lipinski definition) is 3. The molecule has 0 bridgehead atoms. The van der Waals surface area contributed by atoms with Gasteiger partial charge in [0.05, 0.1) is 6.61 Å². The van der Waals surface area contributed by atoms with Crippen LogP contribution in [0.1, 0.15) is 24.9 Å². The van der Waals surface area contributed by atoms with Crippen molar-refractivity contribution in [2.45, 2.75) is 25.4 Å². The topological polar surface area (TPSA) is 47.3 Å². The molecule has 1 aromatic carbocycles. The molecule has 1 aliphatic heterocycles. The van der Waals surface area contributed by atoms with Gasteiger partial charge in [0, 0.05) is 30.6 Å². The third-order valence-corrected chi connectivity index (χ3v) is 2.80. The fourth-order valence-corrected chi connectivity index (χ4v) is 1.93. The van der Waals surface area contributed by atoms with Crippen LogP contribution in [0.5, 0.6) is 5.75 Å². The van der Waals surface area contributed by atoms with Gasteiger partial charge in [-0.2, -0.15) is 0 Å². The summed E-state index contributed by atoms with van der Waals surface area (Å²) in [5.41, 5.74) is 6.87. The third-order valence-electron chi connectivity index (χ3n) is 2.80. The summed E-state index contributed by atoms with van der Waals surface area (Å²) in [5, 5.41) is 3.52. The minimum absolute atomic E-state index is 0.348. The van der Waals surface area contributed by atoms with E-state index in [2.05, 4.69) is 24.4 Å². The largest absolute Gasteiger partial charge is 0.493 e. The molecule has 0 saturated carbocycles. The van der Waals surface area contributed by atoms with E-state index in [0.29, 0.717) is 18.6 Å². The first-order valence-corrected chi connectivity index (χ1v) is 5.49. The number of nitrogens with one attached hydrogen (secondary N) is 1. The summed E-state index contributed by atoms with van der Waals surface area (Å²) in [4.78, 5) is 0. The Morgan fingerprint density at radius 3 is 3.13 bits per heavy atom. The standard InChI is InChI=1S/C12H18N2O/c1-9(8-13)14-11-6-7-15-12-5-3-2-4-10(11)12/h2-5,9,11,14H,6-8,13H2,1H3. The second-order valence-electron chi connectivity index (χ2n) is 4.03. The van der Waals surface area contributed by atoms with Gasteiger partial charge in [-0.1, -0.05) is 18.2 Å². The van der Waals surface area contributed by atoms with E-state index in [4.69, 9.17) is 10.5 Å². The zero-order valence-electron chi connectivity index (χ0n) is 9.07. The Morgan fingerprint density at radius 2 is 2.33 bits per heavy atom. The van der Waals surface area contributed by atoms with Crippen LogP contribution in [0, 0.1) is 0 Å². The van der Waals surface area contributed by atoms with Gasteiger partial charge in [-0.05, 0) is 13.0 Å². The van der Waals surface area contributed by atoms with E-state index < -0.39 is 0 Å². The molecular formula is C12H18N2O. The number of fused-ring (bicyclic) bond motifs is 1. The van der Waals surface area contributed by atoms with Crippen molar-refractivity contribution in [3.63, 3.8) is 0 Å². The first kappa shape index (κ1) is 10.5. The second kappa shape index (κ2) is 4.64. The molecular weight excluding hydrogens is 188 g/mol. The predicted molar refractivity (Wildman–Crippen MR) is 60.9 cm³/mol. The van der Waals surface area contributed by atoms with E-state index >= 15 is 0 Å². The van der Waals surface area contributed by atoms with Crippen molar-refractivity contribution in [1.29, 1.82) is 0 Å². The molecule has 3 nitrogen and oxygen atoms in total. The number of hydrogen-bond donors (Lipinski definition) is 2. The minimum Gasteiger partial charge on any atom is -0.493 e. The molecule has 3 N–H and O–H groups in total. The van der Waals surface area contributed by atoms with E-state index in [0.717, 1.165) is 18.8 Å². The van der Waals surface area contributed by atoms with Crippen LogP contribution in [0.25, 0.3) is 0 Å². The predicted octanol–water partition coefficient (Wildman–Crippen LogP) is 1.45. The molecule has 1 aromatic rings. The van der Waals surface area contributed by atoms with Crippen LogP contribution < -0.4 is 15.8 Å². The normalized spacial score (nSPS) is 21.6. The summed E-state index contributed by atoms with van der Waals surface area (Å²) >= 11 is 0. The van der Waals surface area contributed by atoms with Crippen molar-refractivity contribution in [3.8, 4) is 5.75 Å². The molecule has 0 radical (unpaired) electrons. The lowest BCUT2D eigenvalue weighted by Gasteiger charge is -2.28. The third kappa shape index (κ3) is 2.30. The Labute approximate surface area is 90.6 Å². The highest BCUT2D eigenvalue weighted by Gasteiger charge is 2.21. The number of nitrogens with two attached hydrogens (primary N) is 1. The van der Waals surface area contributed by atoms with Crippen molar-refractivity contribution in [2.75, 3.05) is 13.2 Å². The van der Waals surface area contributed by atoms with Gasteiger partial charge in [-0.25, -0.2) is 0 Å². The van der Waals surface area contributed by atoms with Gasteiger partial charge < -0.3 is 15.8 Å². The van der Waals surface area contributed by atoms with E-state index in [-0.39, 0.29) is 0 Å². The van der Waals surface area contributed by atoms with E-state index in [1.54, 1.807) is 0 Å². The lowest BCUT2D eigenvalue weighted by atomic mass is 10.00. The number of rotatable bonds is 3. The molecule has 82 valence electrons. The molecule has 2 rings (SSSR count). The Balaban J connectivity index is 2.15. The monoisotopic (exact) mass is 206 g/mol. The summed E-state index contributed by atoms with van der Waals surface area (Å²) in [5.74, 6) is 1.01. The molecule has 2 unspecified atom stereocenters. The van der Waals surface area contributed by atoms with Crippen molar-refractivity contribution in [3.05, 3.63) is 29.8 Å². The van der Waals surface area contributed by atoms with Crippen LogP contribution in [0.3, 0.4) is 0 Å². The summed E-state index contributed by atoms with van der Waals surface area (Å²) in [7, 11) is 0. The number of benzene rings is 1. The molecule has 1 aliphatic rings. The van der Waals surface area contributed by atoms with E-state index in [9.17, 15) is 0 Å². The Kier molecular flexibility index (Phi) is 3.23. The molecule has 0 spiro atoms. The maximum atomic E-state index is 5.62. The fourth-order valence-electron chi connectivity index (χ4n) is 1.93. The SMILES string of the molecule is CC(CN)NC1CCOc2ccccc21. The van der Waals surface area contributed by atoms with Crippen LogP contribution in [-0.4, -0.2) is 19.2 Å².